The Hall–Kier alpha value is -3.81. The molecule has 1 saturated carbocycles. The van der Waals surface area contributed by atoms with Crippen LogP contribution in [0, 0.1) is 0 Å². The molecule has 2 amide bonds. The highest BCUT2D eigenvalue weighted by Gasteiger charge is 2.30. The van der Waals surface area contributed by atoms with Crippen LogP contribution < -0.4 is 25.6 Å². The summed E-state index contributed by atoms with van der Waals surface area (Å²) >= 11 is 0. The highest BCUT2D eigenvalue weighted by Crippen LogP contribution is 2.32. The topological polar surface area (TPSA) is 96.6 Å². The minimum absolute atomic E-state index is 0.0587. The average molecular weight is 515 g/mol. The number of nitrogens with one attached hydrogen (secondary N) is 1. The van der Waals surface area contributed by atoms with E-state index in [-0.39, 0.29) is 12.1 Å². The molecule has 0 bridgehead atoms. The van der Waals surface area contributed by atoms with Crippen molar-refractivity contribution in [3.63, 3.8) is 0 Å². The number of urea groups is 1. The fourth-order valence-corrected chi connectivity index (χ4v) is 5.63. The van der Waals surface area contributed by atoms with Crippen LogP contribution in [0.15, 0.2) is 54.6 Å². The van der Waals surface area contributed by atoms with Gasteiger partial charge in [-0.05, 0) is 81.2 Å². The van der Waals surface area contributed by atoms with Crippen molar-refractivity contribution in [2.45, 2.75) is 70.1 Å². The number of anilines is 3. The number of carbonyl (C=O) groups is 1. The van der Waals surface area contributed by atoms with E-state index in [1.165, 1.54) is 24.1 Å². The van der Waals surface area contributed by atoms with Gasteiger partial charge in [0, 0.05) is 37.4 Å². The molecule has 0 atom stereocenters. The third kappa shape index (κ3) is 6.01. The standard InChI is InChI=1S/C30H38N6O2/c1-35(2)28-26-10-6-7-11-27(26)33-30(34-28)32-22-12-14-23(15-13-22)36(29(31)37)24-16-18-25(19-17-24)38-20-21-8-4-3-5-9-21/h3-5,8-9,16-19,22-23H,6-7,10-15,20H2,1-2H3,(H2,31,37)(H,32,33,34)/t22-,23+. The molecule has 1 aromatic heterocycles. The Balaban J connectivity index is 1.20. The Morgan fingerprint density at radius 3 is 2.37 bits per heavy atom. The minimum Gasteiger partial charge on any atom is -0.489 e. The average Bonchev–Trinajstić information content (AvgIpc) is 2.93. The first-order valence-electron chi connectivity index (χ1n) is 13.7. The lowest BCUT2D eigenvalue weighted by molar-refractivity contribution is 0.248. The van der Waals surface area contributed by atoms with E-state index in [1.54, 1.807) is 4.90 Å². The molecule has 3 N–H and O–H groups in total. The van der Waals surface area contributed by atoms with E-state index in [2.05, 4.69) is 10.2 Å². The number of aryl methyl sites for hydroxylation is 1. The second-order valence-corrected chi connectivity index (χ2v) is 10.5. The van der Waals surface area contributed by atoms with Gasteiger partial charge in [-0.15, -0.1) is 0 Å². The highest BCUT2D eigenvalue weighted by atomic mass is 16.5. The Labute approximate surface area is 225 Å². The summed E-state index contributed by atoms with van der Waals surface area (Å²) in [5.41, 5.74) is 10.2. The van der Waals surface area contributed by atoms with Gasteiger partial charge in [0.15, 0.2) is 0 Å². The lowest BCUT2D eigenvalue weighted by atomic mass is 9.90. The van der Waals surface area contributed by atoms with E-state index >= 15 is 0 Å². The number of fused-ring (bicyclic) bond motifs is 1. The molecule has 5 rings (SSSR count). The first kappa shape index (κ1) is 25.8. The number of carbonyl (C=O) groups excluding carboxylic acids is 1. The molecule has 8 nitrogen and oxygen atoms in total. The first-order valence-corrected chi connectivity index (χ1v) is 13.7. The van der Waals surface area contributed by atoms with Gasteiger partial charge in [-0.25, -0.2) is 9.78 Å². The second kappa shape index (κ2) is 11.7. The van der Waals surface area contributed by atoms with E-state index in [0.29, 0.717) is 6.61 Å². The Morgan fingerprint density at radius 1 is 0.974 bits per heavy atom. The van der Waals surface area contributed by atoms with Crippen molar-refractivity contribution >= 4 is 23.5 Å². The van der Waals surface area contributed by atoms with Gasteiger partial charge in [0.1, 0.15) is 18.2 Å². The summed E-state index contributed by atoms with van der Waals surface area (Å²) in [6.07, 6.45) is 8.02. The zero-order valence-electron chi connectivity index (χ0n) is 22.4. The maximum absolute atomic E-state index is 12.5. The fraction of sp³-hybridized carbons (Fsp3) is 0.433. The predicted octanol–water partition coefficient (Wildman–Crippen LogP) is 5.31. The maximum Gasteiger partial charge on any atom is 0.319 e. The Morgan fingerprint density at radius 2 is 1.68 bits per heavy atom. The van der Waals surface area contributed by atoms with Gasteiger partial charge >= 0.3 is 6.03 Å². The number of rotatable bonds is 8. The van der Waals surface area contributed by atoms with Crippen molar-refractivity contribution in [3.05, 3.63) is 71.4 Å². The van der Waals surface area contributed by atoms with Gasteiger partial charge in [0.25, 0.3) is 0 Å². The van der Waals surface area contributed by atoms with Gasteiger partial charge in [-0.1, -0.05) is 30.3 Å². The van der Waals surface area contributed by atoms with Crippen molar-refractivity contribution in [1.82, 2.24) is 9.97 Å². The lowest BCUT2D eigenvalue weighted by Gasteiger charge is -2.36. The van der Waals surface area contributed by atoms with Crippen molar-refractivity contribution in [3.8, 4) is 5.75 Å². The summed E-state index contributed by atoms with van der Waals surface area (Å²) in [6, 6.07) is 17.6. The van der Waals surface area contributed by atoms with Crippen LogP contribution in [0.2, 0.25) is 0 Å². The van der Waals surface area contributed by atoms with E-state index in [4.69, 9.17) is 20.4 Å². The molecule has 0 spiro atoms. The summed E-state index contributed by atoms with van der Waals surface area (Å²) in [7, 11) is 4.10. The van der Waals surface area contributed by atoms with Crippen molar-refractivity contribution < 1.29 is 9.53 Å². The van der Waals surface area contributed by atoms with E-state index in [9.17, 15) is 4.79 Å². The van der Waals surface area contributed by atoms with Crippen LogP contribution >= 0.6 is 0 Å². The normalized spacial score (nSPS) is 18.8. The van der Waals surface area contributed by atoms with Crippen LogP contribution in [-0.4, -0.2) is 42.2 Å². The van der Waals surface area contributed by atoms with Gasteiger partial charge < -0.3 is 20.7 Å². The zero-order chi connectivity index (χ0) is 26.5. The zero-order valence-corrected chi connectivity index (χ0v) is 22.4. The molecule has 2 aliphatic carbocycles. The fourth-order valence-electron chi connectivity index (χ4n) is 5.63. The number of hydrogen-bond donors (Lipinski definition) is 2. The number of ether oxygens (including phenoxy) is 1. The first-order chi connectivity index (χ1) is 18.5. The highest BCUT2D eigenvalue weighted by molar-refractivity contribution is 5.91. The monoisotopic (exact) mass is 514 g/mol. The van der Waals surface area contributed by atoms with Crippen LogP contribution in [0.25, 0.3) is 0 Å². The largest absolute Gasteiger partial charge is 0.489 e. The number of aromatic nitrogens is 2. The van der Waals surface area contributed by atoms with Crippen LogP contribution in [0.4, 0.5) is 22.2 Å². The third-order valence-electron chi connectivity index (χ3n) is 7.58. The molecule has 0 unspecified atom stereocenters. The van der Waals surface area contributed by atoms with Crippen LogP contribution in [0.5, 0.6) is 5.75 Å². The number of amides is 2. The van der Waals surface area contributed by atoms with Crippen LogP contribution in [0.3, 0.4) is 0 Å². The SMILES string of the molecule is CN(C)c1nc(N[C@H]2CC[C@@H](N(C(N)=O)c3ccc(OCc4ccccc4)cc3)CC2)nc2c1CCCC2. The number of primary amides is 1. The van der Waals surface area contributed by atoms with Crippen molar-refractivity contribution in [1.29, 1.82) is 0 Å². The summed E-state index contributed by atoms with van der Waals surface area (Å²) in [5.74, 6) is 2.51. The molecule has 200 valence electrons. The van der Waals surface area contributed by atoms with E-state index in [0.717, 1.165) is 67.3 Å². The van der Waals surface area contributed by atoms with Crippen molar-refractivity contribution in [2.75, 3.05) is 29.2 Å². The molecule has 8 heteroatoms. The van der Waals surface area contributed by atoms with E-state index in [1.807, 2.05) is 68.7 Å². The summed E-state index contributed by atoms with van der Waals surface area (Å²) in [4.78, 5) is 26.0. The van der Waals surface area contributed by atoms with Gasteiger partial charge in [-0.2, -0.15) is 4.98 Å². The summed E-state index contributed by atoms with van der Waals surface area (Å²) < 4.78 is 5.90. The van der Waals surface area contributed by atoms with Crippen LogP contribution in [0.1, 0.15) is 55.3 Å². The molecule has 0 aliphatic heterocycles. The van der Waals surface area contributed by atoms with E-state index < -0.39 is 6.03 Å². The van der Waals surface area contributed by atoms with Gasteiger partial charge in [0.2, 0.25) is 5.95 Å². The minimum atomic E-state index is -0.423. The molecule has 3 aromatic rings. The number of hydrogen-bond acceptors (Lipinski definition) is 6. The molecule has 1 fully saturated rings. The lowest BCUT2D eigenvalue weighted by Crippen LogP contribution is -2.46. The molecule has 0 radical (unpaired) electrons. The Kier molecular flexibility index (Phi) is 7.96. The molecule has 2 aromatic carbocycles. The van der Waals surface area contributed by atoms with Gasteiger partial charge in [-0.3, -0.25) is 4.90 Å². The predicted molar refractivity (Wildman–Crippen MR) is 152 cm³/mol. The number of nitrogens with zero attached hydrogens (tertiary/aromatic N) is 4. The smallest absolute Gasteiger partial charge is 0.319 e. The van der Waals surface area contributed by atoms with Crippen molar-refractivity contribution in [2.24, 2.45) is 5.73 Å². The summed E-state index contributed by atoms with van der Waals surface area (Å²) in [5, 5.41) is 3.59. The second-order valence-electron chi connectivity index (χ2n) is 10.5. The number of nitrogens with two attached hydrogens (primary N) is 1. The molecule has 0 saturated heterocycles. The van der Waals surface area contributed by atoms with Crippen LogP contribution in [-0.2, 0) is 19.4 Å². The summed E-state index contributed by atoms with van der Waals surface area (Å²) in [6.45, 7) is 0.501. The molecule has 1 heterocycles. The quantitative estimate of drug-likeness (QED) is 0.423. The van der Waals surface area contributed by atoms with Gasteiger partial charge in [0.05, 0.1) is 5.69 Å². The Bertz CT molecular complexity index is 1220. The third-order valence-corrected chi connectivity index (χ3v) is 7.58. The molecule has 2 aliphatic rings. The molecular weight excluding hydrogens is 476 g/mol. The molecule has 38 heavy (non-hydrogen) atoms. The number of benzene rings is 2. The maximum atomic E-state index is 12.5. The molecular formula is C30H38N6O2.